The van der Waals surface area contributed by atoms with Crippen LogP contribution in [0.25, 0.3) is 16.7 Å². The first-order chi connectivity index (χ1) is 18.9. The molecule has 0 aliphatic carbocycles. The van der Waals surface area contributed by atoms with Gasteiger partial charge < -0.3 is 9.80 Å². The Balaban J connectivity index is 1.26. The first kappa shape index (κ1) is 23.7. The molecule has 5 heterocycles. The second kappa shape index (κ2) is 8.84. The van der Waals surface area contributed by atoms with Crippen LogP contribution in [0, 0.1) is 0 Å². The molecule has 0 radical (unpaired) electrons. The van der Waals surface area contributed by atoms with Crippen LogP contribution in [0.4, 0.5) is 5.69 Å². The van der Waals surface area contributed by atoms with Gasteiger partial charge in [-0.2, -0.15) is 10.2 Å². The van der Waals surface area contributed by atoms with E-state index in [1.165, 1.54) is 0 Å². The molecular weight excluding hydrogens is 514 g/mol. The molecule has 0 saturated carbocycles. The lowest BCUT2D eigenvalue weighted by Crippen LogP contribution is -2.53. The van der Waals surface area contributed by atoms with Crippen molar-refractivity contribution >= 4 is 40.0 Å². The van der Waals surface area contributed by atoms with Crippen molar-refractivity contribution in [1.82, 2.24) is 29.0 Å². The third kappa shape index (κ3) is 3.68. The molecule has 196 valence electrons. The summed E-state index contributed by atoms with van der Waals surface area (Å²) in [6.45, 7) is 0.868. The number of amides is 2. The quantitative estimate of drug-likeness (QED) is 0.347. The summed E-state index contributed by atoms with van der Waals surface area (Å²) in [7, 11) is 3.67. The van der Waals surface area contributed by atoms with Crippen LogP contribution in [0.5, 0.6) is 0 Å². The van der Waals surface area contributed by atoms with Gasteiger partial charge in [-0.1, -0.05) is 48.0 Å². The van der Waals surface area contributed by atoms with Crippen molar-refractivity contribution in [1.29, 1.82) is 0 Å². The molecule has 1 atom stereocenters. The van der Waals surface area contributed by atoms with Crippen LogP contribution in [-0.2, 0) is 31.2 Å². The summed E-state index contributed by atoms with van der Waals surface area (Å²) in [4.78, 5) is 31.0. The number of anilines is 1. The van der Waals surface area contributed by atoms with Crippen LogP contribution >= 0.6 is 11.6 Å². The van der Waals surface area contributed by atoms with Gasteiger partial charge in [-0.3, -0.25) is 18.8 Å². The molecule has 2 aliphatic heterocycles. The van der Waals surface area contributed by atoms with E-state index in [1.54, 1.807) is 26.2 Å². The number of aromatic nitrogens is 5. The molecule has 10 heteroatoms. The maximum atomic E-state index is 13.8. The summed E-state index contributed by atoms with van der Waals surface area (Å²) >= 11 is 6.69. The fourth-order valence-corrected chi connectivity index (χ4v) is 6.17. The van der Waals surface area contributed by atoms with E-state index in [2.05, 4.69) is 14.8 Å². The molecule has 7 rings (SSSR count). The van der Waals surface area contributed by atoms with E-state index >= 15 is 0 Å². The van der Waals surface area contributed by atoms with Gasteiger partial charge in [0.1, 0.15) is 11.2 Å². The zero-order valence-electron chi connectivity index (χ0n) is 21.6. The number of hydrogen-bond acceptors (Lipinski definition) is 4. The first-order valence-corrected chi connectivity index (χ1v) is 13.3. The van der Waals surface area contributed by atoms with Crippen molar-refractivity contribution in [3.05, 3.63) is 94.5 Å². The highest BCUT2D eigenvalue weighted by molar-refractivity contribution is 6.31. The Hall–Kier alpha value is -4.37. The molecule has 2 amide bonds. The van der Waals surface area contributed by atoms with Crippen LogP contribution in [-0.4, -0.2) is 60.5 Å². The molecule has 5 aromatic rings. The Morgan fingerprint density at radius 3 is 2.59 bits per heavy atom. The summed E-state index contributed by atoms with van der Waals surface area (Å²) in [5.41, 5.74) is 4.92. The van der Waals surface area contributed by atoms with E-state index < -0.39 is 6.04 Å². The molecule has 0 fully saturated rings. The van der Waals surface area contributed by atoms with Crippen LogP contribution in [0.1, 0.15) is 27.2 Å². The number of nitrogens with zero attached hydrogens (tertiary/aromatic N) is 7. The molecule has 9 nitrogen and oxygen atoms in total. The second-order valence-electron chi connectivity index (χ2n) is 10.2. The zero-order chi connectivity index (χ0) is 26.8. The van der Waals surface area contributed by atoms with Crippen LogP contribution in [0.15, 0.2) is 67.0 Å². The predicted octanol–water partition coefficient (Wildman–Crippen LogP) is 3.85. The van der Waals surface area contributed by atoms with Crippen molar-refractivity contribution in [2.45, 2.75) is 25.4 Å². The van der Waals surface area contributed by atoms with Gasteiger partial charge in [0.2, 0.25) is 5.91 Å². The monoisotopic (exact) mass is 539 g/mol. The standard InChI is InChI=1S/C29H26ClN7O2/c1-33-13-12-24(31-33)36-17-19-15-23(28(38)34(2)21-9-6-10-22(36)25(19)21)35-14-11-20-26(29(35)39)32-37(27(20)30)16-18-7-4-3-5-8-18/h3-10,12-13,17,23H,11,14-16H2,1-2H3/t23-/m0/s1. The number of fused-ring (bicyclic) bond motifs is 1. The zero-order valence-corrected chi connectivity index (χ0v) is 22.3. The molecule has 3 aromatic heterocycles. The Labute approximate surface area is 229 Å². The minimum Gasteiger partial charge on any atom is -0.325 e. The van der Waals surface area contributed by atoms with Crippen molar-refractivity contribution in [2.24, 2.45) is 7.05 Å². The summed E-state index contributed by atoms with van der Waals surface area (Å²) in [5.74, 6) is 0.423. The average Bonchev–Trinajstić information content (AvgIpc) is 3.61. The fourth-order valence-electron chi connectivity index (χ4n) is 5.88. The van der Waals surface area contributed by atoms with Crippen molar-refractivity contribution < 1.29 is 9.59 Å². The molecule has 2 aromatic carbocycles. The molecule has 0 N–H and O–H groups in total. The second-order valence-corrected chi connectivity index (χ2v) is 10.5. The topological polar surface area (TPSA) is 81.2 Å². The number of rotatable bonds is 4. The summed E-state index contributed by atoms with van der Waals surface area (Å²) in [6.07, 6.45) is 4.89. The number of halogens is 1. The van der Waals surface area contributed by atoms with Crippen LogP contribution in [0.3, 0.4) is 0 Å². The third-order valence-electron chi connectivity index (χ3n) is 7.82. The molecule has 39 heavy (non-hydrogen) atoms. The van der Waals surface area contributed by atoms with Crippen molar-refractivity contribution in [3.63, 3.8) is 0 Å². The Bertz CT molecular complexity index is 1770. The molecular formula is C29H26ClN7O2. The van der Waals surface area contributed by atoms with E-state index in [4.69, 9.17) is 11.6 Å². The summed E-state index contributed by atoms with van der Waals surface area (Å²) in [6, 6.07) is 17.1. The van der Waals surface area contributed by atoms with Crippen molar-refractivity contribution in [2.75, 3.05) is 18.5 Å². The van der Waals surface area contributed by atoms with Crippen molar-refractivity contribution in [3.8, 4) is 5.82 Å². The highest BCUT2D eigenvalue weighted by atomic mass is 35.5. The smallest absolute Gasteiger partial charge is 0.275 e. The summed E-state index contributed by atoms with van der Waals surface area (Å²) in [5, 5.41) is 10.7. The molecule has 0 bridgehead atoms. The maximum absolute atomic E-state index is 13.8. The highest BCUT2D eigenvalue weighted by Crippen LogP contribution is 2.38. The normalized spacial score (nSPS) is 17.2. The summed E-state index contributed by atoms with van der Waals surface area (Å²) < 4.78 is 5.49. The van der Waals surface area contributed by atoms with Gasteiger partial charge in [0, 0.05) is 56.5 Å². The lowest BCUT2D eigenvalue weighted by molar-refractivity contribution is -0.122. The van der Waals surface area contributed by atoms with Gasteiger partial charge in [-0.15, -0.1) is 0 Å². The van der Waals surface area contributed by atoms with Gasteiger partial charge in [-0.05, 0) is 29.7 Å². The van der Waals surface area contributed by atoms with E-state index in [-0.39, 0.29) is 11.8 Å². The Kier molecular flexibility index (Phi) is 5.38. The first-order valence-electron chi connectivity index (χ1n) is 12.9. The molecule has 0 saturated heterocycles. The van der Waals surface area contributed by atoms with E-state index in [1.807, 2.05) is 74.0 Å². The SMILES string of the molecule is CN1C(=O)[C@@H](N2CCc3c(nn(Cc4ccccc4)c3Cl)C2=O)Cc2cn(-c3ccn(C)n3)c3cccc1c23. The maximum Gasteiger partial charge on any atom is 0.275 e. The lowest BCUT2D eigenvalue weighted by Gasteiger charge is -2.34. The average molecular weight is 540 g/mol. The number of aryl methyl sites for hydroxylation is 1. The minimum absolute atomic E-state index is 0.116. The van der Waals surface area contributed by atoms with E-state index in [0.29, 0.717) is 36.8 Å². The third-order valence-corrected chi connectivity index (χ3v) is 8.25. The molecule has 0 unspecified atom stereocenters. The number of likely N-dealkylation sites (N-methyl/N-ethyl adjacent to an activating group) is 1. The minimum atomic E-state index is -0.663. The van der Waals surface area contributed by atoms with Crippen LogP contribution < -0.4 is 4.90 Å². The largest absolute Gasteiger partial charge is 0.325 e. The fraction of sp³-hybridized carbons (Fsp3) is 0.241. The Morgan fingerprint density at radius 2 is 1.82 bits per heavy atom. The van der Waals surface area contributed by atoms with Gasteiger partial charge in [0.05, 0.1) is 17.7 Å². The Morgan fingerprint density at radius 1 is 1.00 bits per heavy atom. The molecule has 2 aliphatic rings. The highest BCUT2D eigenvalue weighted by Gasteiger charge is 2.41. The van der Waals surface area contributed by atoms with E-state index in [9.17, 15) is 9.59 Å². The lowest BCUT2D eigenvalue weighted by atomic mass is 10.0. The van der Waals surface area contributed by atoms with Crippen LogP contribution in [0.2, 0.25) is 5.15 Å². The van der Waals surface area contributed by atoms with Gasteiger partial charge in [-0.25, -0.2) is 4.68 Å². The van der Waals surface area contributed by atoms with Gasteiger partial charge in [0.25, 0.3) is 5.91 Å². The predicted molar refractivity (Wildman–Crippen MR) is 148 cm³/mol. The number of carbonyl (C=O) groups excluding carboxylic acids is 2. The number of carbonyl (C=O) groups is 2. The molecule has 0 spiro atoms. The number of hydrogen-bond donors (Lipinski definition) is 0. The van der Waals surface area contributed by atoms with Gasteiger partial charge >= 0.3 is 0 Å². The van der Waals surface area contributed by atoms with Gasteiger partial charge in [0.15, 0.2) is 11.5 Å². The van der Waals surface area contributed by atoms with E-state index in [0.717, 1.165) is 39.1 Å². The number of benzene rings is 2.